The molecule has 0 heterocycles. The number of nitrogens with two attached hydrogens (primary N) is 1. The Balaban J connectivity index is 2.31. The summed E-state index contributed by atoms with van der Waals surface area (Å²) in [6, 6.07) is 10.5. The van der Waals surface area contributed by atoms with Crippen molar-refractivity contribution in [3.05, 3.63) is 58.3 Å². The number of halogens is 2. The number of nitrogen functional groups attached to an aromatic ring is 1. The molecule has 2 aromatic rings. The first-order valence-corrected chi connectivity index (χ1v) is 8.40. The van der Waals surface area contributed by atoms with Gasteiger partial charge in [-0.2, -0.15) is 0 Å². The van der Waals surface area contributed by atoms with E-state index in [4.69, 9.17) is 5.73 Å². The fraction of sp³-hybridized carbons (Fsp3) is 0.143. The molecule has 0 amide bonds. The third-order valence-corrected chi connectivity index (χ3v) is 5.08. The molecule has 0 saturated heterocycles. The molecule has 0 aliphatic rings. The van der Waals surface area contributed by atoms with Gasteiger partial charge in [0.2, 0.25) is 10.0 Å². The second-order valence-electron chi connectivity index (χ2n) is 4.55. The molecule has 4 nitrogen and oxygen atoms in total. The first kappa shape index (κ1) is 15.9. The van der Waals surface area contributed by atoms with Crippen LogP contribution >= 0.6 is 15.9 Å². The van der Waals surface area contributed by atoms with Gasteiger partial charge in [-0.05, 0) is 36.8 Å². The predicted octanol–water partition coefficient (Wildman–Crippen LogP) is 3.21. The number of para-hydroxylation sites is 1. The summed E-state index contributed by atoms with van der Waals surface area (Å²) in [6.07, 6.45) is 0. The number of hydrogen-bond acceptors (Lipinski definition) is 3. The van der Waals surface area contributed by atoms with E-state index < -0.39 is 21.9 Å². The van der Waals surface area contributed by atoms with E-state index in [1.807, 2.05) is 12.1 Å². The summed E-state index contributed by atoms with van der Waals surface area (Å²) in [6.45, 7) is 1.70. The Morgan fingerprint density at radius 3 is 2.57 bits per heavy atom. The second-order valence-corrected chi connectivity index (χ2v) is 7.15. The first-order valence-electron chi connectivity index (χ1n) is 6.13. The molecule has 0 saturated carbocycles. The number of anilines is 1. The molecule has 0 bridgehead atoms. The van der Waals surface area contributed by atoms with Crippen LogP contribution in [0.1, 0.15) is 18.5 Å². The van der Waals surface area contributed by atoms with Crippen molar-refractivity contribution in [2.45, 2.75) is 17.9 Å². The molecule has 1 unspecified atom stereocenters. The topological polar surface area (TPSA) is 72.2 Å². The molecule has 2 rings (SSSR count). The molecule has 0 aliphatic carbocycles. The average Bonchev–Trinajstić information content (AvgIpc) is 2.41. The molecule has 21 heavy (non-hydrogen) atoms. The Morgan fingerprint density at radius 2 is 1.90 bits per heavy atom. The van der Waals surface area contributed by atoms with Crippen molar-refractivity contribution in [2.75, 3.05) is 5.73 Å². The van der Waals surface area contributed by atoms with E-state index in [1.165, 1.54) is 12.1 Å². The highest BCUT2D eigenvalue weighted by Gasteiger charge is 2.22. The highest BCUT2D eigenvalue weighted by Crippen LogP contribution is 2.24. The van der Waals surface area contributed by atoms with Gasteiger partial charge in [0.25, 0.3) is 0 Å². The second kappa shape index (κ2) is 6.13. The van der Waals surface area contributed by atoms with Gasteiger partial charge in [-0.15, -0.1) is 0 Å². The zero-order chi connectivity index (χ0) is 15.6. The lowest BCUT2D eigenvalue weighted by molar-refractivity contribution is 0.565. The summed E-state index contributed by atoms with van der Waals surface area (Å²) in [4.78, 5) is -0.260. The highest BCUT2D eigenvalue weighted by atomic mass is 79.9. The van der Waals surface area contributed by atoms with Crippen molar-refractivity contribution < 1.29 is 12.8 Å². The summed E-state index contributed by atoms with van der Waals surface area (Å²) < 4.78 is 41.3. The van der Waals surface area contributed by atoms with E-state index in [0.29, 0.717) is 0 Å². The highest BCUT2D eigenvalue weighted by molar-refractivity contribution is 9.10. The number of hydrogen-bond donors (Lipinski definition) is 2. The molecule has 7 heteroatoms. The summed E-state index contributed by atoms with van der Waals surface area (Å²) in [7, 11) is -3.90. The molecule has 112 valence electrons. The number of nitrogens with one attached hydrogen (secondary N) is 1. The third kappa shape index (κ3) is 3.61. The fourth-order valence-electron chi connectivity index (χ4n) is 1.89. The van der Waals surface area contributed by atoms with Gasteiger partial charge in [0.05, 0.1) is 5.69 Å². The van der Waals surface area contributed by atoms with Gasteiger partial charge < -0.3 is 5.73 Å². The maximum absolute atomic E-state index is 13.4. The monoisotopic (exact) mass is 372 g/mol. The Bertz CT molecular complexity index is 765. The minimum atomic E-state index is -3.90. The SMILES string of the molecule is CC(NS(=O)(=O)c1cccc(F)c1N)c1cccc(Br)c1. The molecule has 0 fully saturated rings. The lowest BCUT2D eigenvalue weighted by Crippen LogP contribution is -2.27. The van der Waals surface area contributed by atoms with Gasteiger partial charge in [-0.1, -0.05) is 34.1 Å². The predicted molar refractivity (Wildman–Crippen MR) is 83.7 cm³/mol. The van der Waals surface area contributed by atoms with Gasteiger partial charge in [0.1, 0.15) is 10.7 Å². The van der Waals surface area contributed by atoms with Crippen molar-refractivity contribution in [1.29, 1.82) is 0 Å². The molecular weight excluding hydrogens is 359 g/mol. The van der Waals surface area contributed by atoms with Gasteiger partial charge in [-0.3, -0.25) is 0 Å². The van der Waals surface area contributed by atoms with Crippen LogP contribution in [0.5, 0.6) is 0 Å². The van der Waals surface area contributed by atoms with Gasteiger partial charge >= 0.3 is 0 Å². The summed E-state index contributed by atoms with van der Waals surface area (Å²) in [5.41, 5.74) is 5.90. The molecule has 1 atom stereocenters. The quantitative estimate of drug-likeness (QED) is 0.809. The zero-order valence-electron chi connectivity index (χ0n) is 11.2. The summed E-state index contributed by atoms with van der Waals surface area (Å²) >= 11 is 3.33. The van der Waals surface area contributed by atoms with E-state index in [0.717, 1.165) is 16.1 Å². The third-order valence-electron chi connectivity index (χ3n) is 2.98. The first-order chi connectivity index (χ1) is 9.81. The van der Waals surface area contributed by atoms with Crippen molar-refractivity contribution in [2.24, 2.45) is 0 Å². The summed E-state index contributed by atoms with van der Waals surface area (Å²) in [5.74, 6) is -0.756. The molecule has 3 N–H and O–H groups in total. The van der Waals surface area contributed by atoms with Crippen LogP contribution in [0.3, 0.4) is 0 Å². The van der Waals surface area contributed by atoms with Crippen LogP contribution in [0.4, 0.5) is 10.1 Å². The maximum Gasteiger partial charge on any atom is 0.243 e. The largest absolute Gasteiger partial charge is 0.395 e. The van der Waals surface area contributed by atoms with E-state index in [-0.39, 0.29) is 10.6 Å². The van der Waals surface area contributed by atoms with Crippen molar-refractivity contribution in [1.82, 2.24) is 4.72 Å². The van der Waals surface area contributed by atoms with Crippen LogP contribution in [0.25, 0.3) is 0 Å². The van der Waals surface area contributed by atoms with Crippen LogP contribution in [-0.4, -0.2) is 8.42 Å². The standard InChI is InChI=1S/C14H14BrFN2O2S/c1-9(10-4-2-5-11(15)8-10)18-21(19,20)13-7-3-6-12(16)14(13)17/h2-9,18H,17H2,1H3. The van der Waals surface area contributed by atoms with Crippen LogP contribution in [0.15, 0.2) is 51.8 Å². The Hall–Kier alpha value is -1.44. The van der Waals surface area contributed by atoms with E-state index in [9.17, 15) is 12.8 Å². The van der Waals surface area contributed by atoms with Crippen LogP contribution < -0.4 is 10.5 Å². The van der Waals surface area contributed by atoms with Crippen molar-refractivity contribution in [3.63, 3.8) is 0 Å². The Labute approximate surface area is 131 Å². The van der Waals surface area contributed by atoms with Gasteiger partial charge in [0, 0.05) is 10.5 Å². The molecular formula is C14H14BrFN2O2S. The summed E-state index contributed by atoms with van der Waals surface area (Å²) in [5, 5.41) is 0. The molecule has 0 spiro atoms. The van der Waals surface area contributed by atoms with Gasteiger partial charge in [-0.25, -0.2) is 17.5 Å². The van der Waals surface area contributed by atoms with Crippen LogP contribution in [-0.2, 0) is 10.0 Å². The number of benzene rings is 2. The molecule has 2 aromatic carbocycles. The average molecular weight is 373 g/mol. The lowest BCUT2D eigenvalue weighted by Gasteiger charge is -2.16. The Kier molecular flexibility index (Phi) is 4.65. The molecule has 0 aromatic heterocycles. The van der Waals surface area contributed by atoms with Crippen molar-refractivity contribution in [3.8, 4) is 0 Å². The van der Waals surface area contributed by atoms with E-state index in [2.05, 4.69) is 20.7 Å². The van der Waals surface area contributed by atoms with Crippen molar-refractivity contribution >= 4 is 31.6 Å². The molecule has 0 radical (unpaired) electrons. The minimum Gasteiger partial charge on any atom is -0.395 e. The maximum atomic E-state index is 13.4. The van der Waals surface area contributed by atoms with E-state index >= 15 is 0 Å². The zero-order valence-corrected chi connectivity index (χ0v) is 13.6. The normalized spacial score (nSPS) is 13.1. The van der Waals surface area contributed by atoms with E-state index in [1.54, 1.807) is 19.1 Å². The van der Waals surface area contributed by atoms with Crippen LogP contribution in [0, 0.1) is 5.82 Å². The molecule has 0 aliphatic heterocycles. The lowest BCUT2D eigenvalue weighted by atomic mass is 10.1. The smallest absolute Gasteiger partial charge is 0.243 e. The fourth-order valence-corrected chi connectivity index (χ4v) is 3.68. The number of rotatable bonds is 4. The minimum absolute atomic E-state index is 0.260. The van der Waals surface area contributed by atoms with Crippen LogP contribution in [0.2, 0.25) is 0 Å². The number of sulfonamides is 1. The van der Waals surface area contributed by atoms with Gasteiger partial charge in [0.15, 0.2) is 0 Å². The Morgan fingerprint density at radius 1 is 1.24 bits per heavy atom.